The third kappa shape index (κ3) is 2.80. The molecule has 0 saturated carbocycles. The van der Waals surface area contributed by atoms with Crippen molar-refractivity contribution in [2.45, 2.75) is 24.6 Å². The number of rotatable bonds is 4. The zero-order valence-corrected chi connectivity index (χ0v) is 9.91. The first-order chi connectivity index (χ1) is 7.68. The standard InChI is InChI=1S/C11H16N2O2S/c14-16(15)7-3-5-11(16)9-12-8-10-4-1-2-6-13-10/h1-2,4,6,11-12H,3,5,7-9H2. The first-order valence-corrected chi connectivity index (χ1v) is 7.22. The van der Waals surface area contributed by atoms with Crippen LogP contribution in [0.1, 0.15) is 18.5 Å². The highest BCUT2D eigenvalue weighted by Gasteiger charge is 2.30. The van der Waals surface area contributed by atoms with Gasteiger partial charge in [-0.3, -0.25) is 4.98 Å². The van der Waals surface area contributed by atoms with Gasteiger partial charge in [0, 0.05) is 19.3 Å². The minimum absolute atomic E-state index is 0.198. The summed E-state index contributed by atoms with van der Waals surface area (Å²) in [7, 11) is -2.82. The van der Waals surface area contributed by atoms with E-state index in [9.17, 15) is 8.42 Å². The number of pyridine rings is 1. The monoisotopic (exact) mass is 240 g/mol. The molecule has 5 heteroatoms. The van der Waals surface area contributed by atoms with E-state index in [1.54, 1.807) is 6.20 Å². The second-order valence-electron chi connectivity index (χ2n) is 4.08. The first kappa shape index (κ1) is 11.5. The topological polar surface area (TPSA) is 59.1 Å². The second-order valence-corrected chi connectivity index (χ2v) is 6.48. The summed E-state index contributed by atoms with van der Waals surface area (Å²) in [6.07, 6.45) is 3.33. The SMILES string of the molecule is O=S1(=O)CCCC1CNCc1ccccn1. The van der Waals surface area contributed by atoms with Gasteiger partial charge in [-0.15, -0.1) is 0 Å². The van der Waals surface area contributed by atoms with Crippen molar-refractivity contribution in [3.05, 3.63) is 30.1 Å². The zero-order chi connectivity index (χ0) is 11.4. The molecule has 2 rings (SSSR count). The van der Waals surface area contributed by atoms with Crippen LogP contribution in [-0.4, -0.2) is 30.9 Å². The Labute approximate surface area is 96.0 Å². The van der Waals surface area contributed by atoms with Gasteiger partial charge in [-0.05, 0) is 25.0 Å². The Bertz CT molecular complexity index is 431. The predicted octanol–water partition coefficient (Wildman–Crippen LogP) is 0.748. The fourth-order valence-electron chi connectivity index (χ4n) is 1.95. The summed E-state index contributed by atoms with van der Waals surface area (Å²) >= 11 is 0. The van der Waals surface area contributed by atoms with E-state index in [1.165, 1.54) is 0 Å². The summed E-state index contributed by atoms with van der Waals surface area (Å²) in [5.41, 5.74) is 0.942. The van der Waals surface area contributed by atoms with Gasteiger partial charge in [-0.25, -0.2) is 8.42 Å². The van der Waals surface area contributed by atoms with Crippen LogP contribution in [0.4, 0.5) is 0 Å². The van der Waals surface area contributed by atoms with Crippen LogP contribution < -0.4 is 5.32 Å². The molecule has 0 aromatic carbocycles. The van der Waals surface area contributed by atoms with Crippen LogP contribution in [0.5, 0.6) is 0 Å². The Hall–Kier alpha value is -0.940. The van der Waals surface area contributed by atoms with Crippen LogP contribution in [-0.2, 0) is 16.4 Å². The molecule has 1 aliphatic rings. The average molecular weight is 240 g/mol. The fraction of sp³-hybridized carbons (Fsp3) is 0.545. The van der Waals surface area contributed by atoms with E-state index >= 15 is 0 Å². The minimum atomic E-state index is -2.82. The number of nitrogens with one attached hydrogen (secondary N) is 1. The molecule has 88 valence electrons. The molecule has 1 aliphatic heterocycles. The van der Waals surface area contributed by atoms with Crippen LogP contribution in [0, 0.1) is 0 Å². The highest BCUT2D eigenvalue weighted by molar-refractivity contribution is 7.92. The molecule has 0 amide bonds. The summed E-state index contributed by atoms with van der Waals surface area (Å²) in [5.74, 6) is 0.350. The molecule has 2 heterocycles. The van der Waals surface area contributed by atoms with Gasteiger partial charge >= 0.3 is 0 Å². The molecule has 1 fully saturated rings. The Morgan fingerprint density at radius 2 is 2.31 bits per heavy atom. The third-order valence-corrected chi connectivity index (χ3v) is 5.14. The van der Waals surface area contributed by atoms with Gasteiger partial charge in [0.25, 0.3) is 0 Å². The predicted molar refractivity (Wildman–Crippen MR) is 62.8 cm³/mol. The van der Waals surface area contributed by atoms with Gasteiger partial charge in [0.15, 0.2) is 9.84 Å². The molecule has 0 radical (unpaired) electrons. The maximum absolute atomic E-state index is 11.5. The Kier molecular flexibility index (Phi) is 3.56. The van der Waals surface area contributed by atoms with E-state index in [1.807, 2.05) is 18.2 Å². The third-order valence-electron chi connectivity index (χ3n) is 2.87. The lowest BCUT2D eigenvalue weighted by Crippen LogP contribution is -2.30. The molecule has 1 atom stereocenters. The largest absolute Gasteiger partial charge is 0.310 e. The van der Waals surface area contributed by atoms with E-state index in [2.05, 4.69) is 10.3 Å². The number of sulfone groups is 1. The van der Waals surface area contributed by atoms with Crippen molar-refractivity contribution < 1.29 is 8.42 Å². The van der Waals surface area contributed by atoms with Crippen LogP contribution in [0.15, 0.2) is 24.4 Å². The maximum atomic E-state index is 11.5. The van der Waals surface area contributed by atoms with Crippen LogP contribution in [0.25, 0.3) is 0 Å². The van der Waals surface area contributed by atoms with E-state index in [0.717, 1.165) is 18.5 Å². The van der Waals surface area contributed by atoms with Gasteiger partial charge in [-0.2, -0.15) is 0 Å². The minimum Gasteiger partial charge on any atom is -0.310 e. The van der Waals surface area contributed by atoms with Crippen molar-refractivity contribution in [2.75, 3.05) is 12.3 Å². The molecular weight excluding hydrogens is 224 g/mol. The Morgan fingerprint density at radius 3 is 2.94 bits per heavy atom. The highest BCUT2D eigenvalue weighted by atomic mass is 32.2. The van der Waals surface area contributed by atoms with Gasteiger partial charge in [0.1, 0.15) is 0 Å². The molecular formula is C11H16N2O2S. The summed E-state index contributed by atoms with van der Waals surface area (Å²) in [4.78, 5) is 4.17. The molecule has 16 heavy (non-hydrogen) atoms. The molecule has 4 nitrogen and oxygen atoms in total. The lowest BCUT2D eigenvalue weighted by atomic mass is 10.2. The van der Waals surface area contributed by atoms with Crippen LogP contribution in [0.3, 0.4) is 0 Å². The molecule has 0 bridgehead atoms. The lowest BCUT2D eigenvalue weighted by Gasteiger charge is -2.10. The van der Waals surface area contributed by atoms with Crippen molar-refractivity contribution in [2.24, 2.45) is 0 Å². The van der Waals surface area contributed by atoms with E-state index in [0.29, 0.717) is 18.8 Å². The second kappa shape index (κ2) is 4.93. The van der Waals surface area contributed by atoms with Crippen LogP contribution in [0.2, 0.25) is 0 Å². The fourth-order valence-corrected chi connectivity index (χ4v) is 3.75. The van der Waals surface area contributed by atoms with Gasteiger partial charge in [0.2, 0.25) is 0 Å². The summed E-state index contributed by atoms with van der Waals surface area (Å²) in [5, 5.41) is 2.96. The van der Waals surface area contributed by atoms with E-state index in [-0.39, 0.29) is 5.25 Å². The summed E-state index contributed by atoms with van der Waals surface area (Å²) in [6.45, 7) is 1.17. The first-order valence-electron chi connectivity index (χ1n) is 5.51. The highest BCUT2D eigenvalue weighted by Crippen LogP contribution is 2.18. The van der Waals surface area contributed by atoms with Crippen molar-refractivity contribution in [3.8, 4) is 0 Å². The molecule has 1 N–H and O–H groups in total. The van der Waals surface area contributed by atoms with Crippen molar-refractivity contribution in [1.29, 1.82) is 0 Å². The van der Waals surface area contributed by atoms with Gasteiger partial charge in [-0.1, -0.05) is 6.07 Å². The summed E-state index contributed by atoms with van der Waals surface area (Å²) in [6, 6.07) is 5.72. The van der Waals surface area contributed by atoms with Crippen molar-refractivity contribution in [1.82, 2.24) is 10.3 Å². The smallest absolute Gasteiger partial charge is 0.154 e. The van der Waals surface area contributed by atoms with Crippen molar-refractivity contribution >= 4 is 9.84 Å². The van der Waals surface area contributed by atoms with Crippen LogP contribution >= 0.6 is 0 Å². The van der Waals surface area contributed by atoms with E-state index in [4.69, 9.17) is 0 Å². The lowest BCUT2D eigenvalue weighted by molar-refractivity contribution is 0.572. The molecule has 0 spiro atoms. The van der Waals surface area contributed by atoms with Gasteiger partial charge in [0.05, 0.1) is 16.7 Å². The number of nitrogens with zero attached hydrogens (tertiary/aromatic N) is 1. The molecule has 1 aromatic rings. The van der Waals surface area contributed by atoms with Gasteiger partial charge < -0.3 is 5.32 Å². The van der Waals surface area contributed by atoms with E-state index < -0.39 is 9.84 Å². The molecule has 1 aromatic heterocycles. The molecule has 0 aliphatic carbocycles. The Morgan fingerprint density at radius 1 is 1.44 bits per heavy atom. The molecule has 1 unspecified atom stereocenters. The zero-order valence-electron chi connectivity index (χ0n) is 9.09. The number of aromatic nitrogens is 1. The molecule has 1 saturated heterocycles. The van der Waals surface area contributed by atoms with Crippen molar-refractivity contribution in [3.63, 3.8) is 0 Å². The normalized spacial score (nSPS) is 23.4. The number of hydrogen-bond acceptors (Lipinski definition) is 4. The summed E-state index contributed by atoms with van der Waals surface area (Å²) < 4.78 is 23.1. The maximum Gasteiger partial charge on any atom is 0.154 e. The average Bonchev–Trinajstić information content (AvgIpc) is 2.60. The number of hydrogen-bond donors (Lipinski definition) is 1. The quantitative estimate of drug-likeness (QED) is 0.843. The Balaban J connectivity index is 1.81.